The van der Waals surface area contributed by atoms with Gasteiger partial charge in [0, 0.05) is 19.8 Å². The first kappa shape index (κ1) is 15.6. The van der Waals surface area contributed by atoms with E-state index in [1.807, 2.05) is 31.4 Å². The van der Waals surface area contributed by atoms with Gasteiger partial charge in [0.05, 0.1) is 23.2 Å². The van der Waals surface area contributed by atoms with E-state index in [2.05, 4.69) is 34.5 Å². The summed E-state index contributed by atoms with van der Waals surface area (Å²) in [5, 5.41) is 8.79. The van der Waals surface area contributed by atoms with Gasteiger partial charge in [-0.3, -0.25) is 0 Å². The van der Waals surface area contributed by atoms with Gasteiger partial charge in [-0.15, -0.1) is 0 Å². The third kappa shape index (κ3) is 3.22. The maximum absolute atomic E-state index is 5.47. The van der Waals surface area contributed by atoms with E-state index in [9.17, 15) is 0 Å². The van der Waals surface area contributed by atoms with Gasteiger partial charge in [-0.1, -0.05) is 48.6 Å². The van der Waals surface area contributed by atoms with Crippen LogP contribution in [0.4, 0.5) is 5.13 Å². The van der Waals surface area contributed by atoms with Gasteiger partial charge in [0.15, 0.2) is 5.13 Å². The second-order valence-corrected chi connectivity index (χ2v) is 6.19. The van der Waals surface area contributed by atoms with E-state index in [-0.39, 0.29) is 0 Å². The van der Waals surface area contributed by atoms with Crippen molar-refractivity contribution in [2.24, 2.45) is 7.05 Å². The van der Waals surface area contributed by atoms with Gasteiger partial charge in [-0.05, 0) is 12.0 Å². The first-order chi connectivity index (χ1) is 11.2. The van der Waals surface area contributed by atoms with Crippen LogP contribution >= 0.6 is 11.3 Å². The number of hydrogen-bond donors (Lipinski definition) is 1. The molecule has 0 amide bonds. The fourth-order valence-corrected chi connectivity index (χ4v) is 3.40. The second kappa shape index (κ2) is 6.83. The fourth-order valence-electron chi connectivity index (χ4n) is 2.58. The molecule has 0 saturated carbocycles. The molecule has 0 saturated heterocycles. The van der Waals surface area contributed by atoms with Gasteiger partial charge in [0.25, 0.3) is 0 Å². The molecule has 0 aliphatic heterocycles. The minimum absolute atomic E-state index is 0.655. The van der Waals surface area contributed by atoms with Gasteiger partial charge >= 0.3 is 0 Å². The highest BCUT2D eigenvalue weighted by molar-refractivity contribution is 7.18. The number of methoxy groups -OCH3 is 1. The minimum atomic E-state index is 0.655. The molecule has 2 aromatic heterocycles. The Bertz CT molecular complexity index is 779. The number of aryl methyl sites for hydroxylation is 2. The van der Waals surface area contributed by atoms with Gasteiger partial charge in [0.2, 0.25) is 5.88 Å². The molecule has 0 bridgehead atoms. The number of aromatic nitrogens is 3. The van der Waals surface area contributed by atoms with Crippen molar-refractivity contribution in [1.29, 1.82) is 0 Å². The van der Waals surface area contributed by atoms with E-state index in [4.69, 9.17) is 4.74 Å². The Morgan fingerprint density at radius 2 is 2.04 bits per heavy atom. The molecule has 0 atom stereocenters. The van der Waals surface area contributed by atoms with Crippen LogP contribution in [-0.4, -0.2) is 21.9 Å². The molecule has 120 valence electrons. The molecule has 0 fully saturated rings. The number of anilines is 1. The van der Waals surface area contributed by atoms with Crippen molar-refractivity contribution in [2.75, 3.05) is 12.4 Å². The number of thiazole rings is 1. The molecule has 23 heavy (non-hydrogen) atoms. The van der Waals surface area contributed by atoms with E-state index in [1.54, 1.807) is 23.1 Å². The molecule has 1 N–H and O–H groups in total. The Labute approximate surface area is 140 Å². The summed E-state index contributed by atoms with van der Waals surface area (Å²) >= 11 is 1.65. The van der Waals surface area contributed by atoms with Gasteiger partial charge in [-0.2, -0.15) is 5.10 Å². The van der Waals surface area contributed by atoms with E-state index < -0.39 is 0 Å². The number of nitrogens with zero attached hydrogens (tertiary/aromatic N) is 3. The van der Waals surface area contributed by atoms with Crippen molar-refractivity contribution in [3.63, 3.8) is 0 Å². The molecule has 0 radical (unpaired) electrons. The van der Waals surface area contributed by atoms with E-state index in [0.717, 1.165) is 33.6 Å². The van der Waals surface area contributed by atoms with E-state index in [1.165, 1.54) is 5.56 Å². The summed E-state index contributed by atoms with van der Waals surface area (Å²) < 4.78 is 7.25. The zero-order chi connectivity index (χ0) is 16.2. The predicted molar refractivity (Wildman–Crippen MR) is 94.0 cm³/mol. The molecule has 0 aliphatic rings. The number of ether oxygens (including phenoxy) is 1. The number of nitrogens with one attached hydrogen (secondary N) is 1. The molecular weight excluding hydrogens is 308 g/mol. The van der Waals surface area contributed by atoms with Crippen molar-refractivity contribution in [2.45, 2.75) is 19.9 Å². The zero-order valence-electron chi connectivity index (χ0n) is 13.5. The van der Waals surface area contributed by atoms with Crippen LogP contribution < -0.4 is 10.1 Å². The monoisotopic (exact) mass is 328 g/mol. The SMILES string of the molecule is CCc1nn(C)c(OC)c1CNc1ncc(-c2ccccc2)s1. The first-order valence-corrected chi connectivity index (χ1v) is 8.38. The van der Waals surface area contributed by atoms with Crippen molar-refractivity contribution in [1.82, 2.24) is 14.8 Å². The lowest BCUT2D eigenvalue weighted by atomic mass is 10.2. The smallest absolute Gasteiger partial charge is 0.216 e. The van der Waals surface area contributed by atoms with E-state index >= 15 is 0 Å². The standard InChI is InChI=1S/C17H20N4OS/c1-4-14-13(16(22-3)21(2)20-14)10-18-17-19-11-15(23-17)12-8-6-5-7-9-12/h5-9,11H,4,10H2,1-3H3,(H,18,19). The summed E-state index contributed by atoms with van der Waals surface area (Å²) in [6.45, 7) is 2.75. The van der Waals surface area contributed by atoms with Crippen molar-refractivity contribution >= 4 is 16.5 Å². The summed E-state index contributed by atoms with van der Waals surface area (Å²) in [6, 6.07) is 10.3. The Hall–Kier alpha value is -2.34. The average Bonchev–Trinajstić information content (AvgIpc) is 3.17. The lowest BCUT2D eigenvalue weighted by Crippen LogP contribution is -2.03. The maximum Gasteiger partial charge on any atom is 0.216 e. The van der Waals surface area contributed by atoms with Crippen LogP contribution in [0.25, 0.3) is 10.4 Å². The summed E-state index contributed by atoms with van der Waals surface area (Å²) in [5.41, 5.74) is 3.33. The molecule has 3 rings (SSSR count). The third-order valence-corrected chi connectivity index (χ3v) is 4.68. The number of benzene rings is 1. The number of rotatable bonds is 6. The van der Waals surface area contributed by atoms with Gasteiger partial charge in [-0.25, -0.2) is 9.67 Å². The quantitative estimate of drug-likeness (QED) is 0.749. The molecule has 5 nitrogen and oxygen atoms in total. The Morgan fingerprint density at radius 1 is 1.26 bits per heavy atom. The highest BCUT2D eigenvalue weighted by Gasteiger charge is 2.16. The molecule has 1 aromatic carbocycles. The molecule has 2 heterocycles. The molecule has 0 aliphatic carbocycles. The lowest BCUT2D eigenvalue weighted by molar-refractivity contribution is 0.370. The van der Waals surface area contributed by atoms with Crippen LogP contribution in [-0.2, 0) is 20.0 Å². The molecule has 0 spiro atoms. The predicted octanol–water partition coefficient (Wildman–Crippen LogP) is 3.73. The van der Waals surface area contributed by atoms with Gasteiger partial charge in [0.1, 0.15) is 0 Å². The summed E-state index contributed by atoms with van der Waals surface area (Å²) in [5.74, 6) is 0.800. The maximum atomic E-state index is 5.47. The lowest BCUT2D eigenvalue weighted by Gasteiger charge is -2.06. The van der Waals surface area contributed by atoms with Gasteiger partial charge < -0.3 is 10.1 Å². The highest BCUT2D eigenvalue weighted by atomic mass is 32.1. The van der Waals surface area contributed by atoms with E-state index in [0.29, 0.717) is 6.54 Å². The van der Waals surface area contributed by atoms with Crippen molar-refractivity contribution in [3.8, 4) is 16.3 Å². The molecular formula is C17H20N4OS. The van der Waals surface area contributed by atoms with Crippen LogP contribution in [0.1, 0.15) is 18.2 Å². The normalized spacial score (nSPS) is 10.7. The topological polar surface area (TPSA) is 52.0 Å². The summed E-state index contributed by atoms with van der Waals surface area (Å²) in [4.78, 5) is 5.62. The second-order valence-electron chi connectivity index (χ2n) is 5.16. The highest BCUT2D eigenvalue weighted by Crippen LogP contribution is 2.30. The summed E-state index contributed by atoms with van der Waals surface area (Å²) in [7, 11) is 3.58. The average molecular weight is 328 g/mol. The first-order valence-electron chi connectivity index (χ1n) is 7.56. The zero-order valence-corrected chi connectivity index (χ0v) is 14.4. The third-order valence-electron chi connectivity index (χ3n) is 3.68. The number of hydrogen-bond acceptors (Lipinski definition) is 5. The van der Waals surface area contributed by atoms with Crippen LogP contribution in [0, 0.1) is 0 Å². The minimum Gasteiger partial charge on any atom is -0.481 e. The fraction of sp³-hybridized carbons (Fsp3) is 0.294. The van der Waals surface area contributed by atoms with Crippen LogP contribution in [0.15, 0.2) is 36.5 Å². The molecule has 6 heteroatoms. The summed E-state index contributed by atoms with van der Waals surface area (Å²) in [6.07, 6.45) is 2.78. The Kier molecular flexibility index (Phi) is 4.62. The molecule has 0 unspecified atom stereocenters. The molecule has 3 aromatic rings. The van der Waals surface area contributed by atoms with Crippen LogP contribution in [0.5, 0.6) is 5.88 Å². The van der Waals surface area contributed by atoms with Crippen LogP contribution in [0.2, 0.25) is 0 Å². The Morgan fingerprint density at radius 3 is 2.74 bits per heavy atom. The van der Waals surface area contributed by atoms with Crippen molar-refractivity contribution < 1.29 is 4.74 Å². The largest absolute Gasteiger partial charge is 0.481 e. The Balaban J connectivity index is 1.76. The van der Waals surface area contributed by atoms with Crippen LogP contribution in [0.3, 0.4) is 0 Å². The van der Waals surface area contributed by atoms with Crippen molar-refractivity contribution in [3.05, 3.63) is 47.8 Å².